The Balaban J connectivity index is 0.00000417. The van der Waals surface area contributed by atoms with Crippen molar-refractivity contribution in [2.24, 2.45) is 0 Å². The molecule has 5 aromatic rings. The third-order valence-corrected chi connectivity index (χ3v) is 8.43. The van der Waals surface area contributed by atoms with Crippen LogP contribution in [0.5, 0.6) is 0 Å². The fourth-order valence-corrected chi connectivity index (χ4v) is 6.31. The van der Waals surface area contributed by atoms with Crippen molar-refractivity contribution in [2.75, 3.05) is 6.61 Å². The van der Waals surface area contributed by atoms with Gasteiger partial charge in [0.15, 0.2) is 5.82 Å². The van der Waals surface area contributed by atoms with Crippen LogP contribution in [0.1, 0.15) is 81.6 Å². The van der Waals surface area contributed by atoms with Gasteiger partial charge in [-0.2, -0.15) is 10.1 Å². The van der Waals surface area contributed by atoms with E-state index in [9.17, 15) is 14.7 Å². The maximum absolute atomic E-state index is 14.4. The van der Waals surface area contributed by atoms with E-state index in [1.54, 1.807) is 13.8 Å². The number of fused-ring (bicyclic) bond motifs is 1. The number of nitrogens with zero attached hydrogens (tertiary/aromatic N) is 5. The van der Waals surface area contributed by atoms with Crippen LogP contribution in [-0.4, -0.2) is 104 Å². The Kier molecular flexibility index (Phi) is 11.0. The van der Waals surface area contributed by atoms with E-state index in [1.165, 1.54) is 0 Å². The second-order valence-electron chi connectivity index (χ2n) is 12.6. The summed E-state index contributed by atoms with van der Waals surface area (Å²) in [5.74, 6) is 1.01. The van der Waals surface area contributed by atoms with E-state index >= 15 is 0 Å². The molecule has 12 heteroatoms. The topological polar surface area (TPSA) is 141 Å². The summed E-state index contributed by atoms with van der Waals surface area (Å²) in [7, 11) is 0. The van der Waals surface area contributed by atoms with E-state index in [4.69, 9.17) is 19.3 Å². The summed E-state index contributed by atoms with van der Waals surface area (Å²) in [6.07, 6.45) is 5.30. The van der Waals surface area contributed by atoms with Gasteiger partial charge in [-0.15, -0.1) is 0 Å². The first kappa shape index (κ1) is 34.6. The van der Waals surface area contributed by atoms with Gasteiger partial charge < -0.3 is 9.84 Å². The van der Waals surface area contributed by atoms with Gasteiger partial charge in [-0.05, 0) is 69.6 Å². The molecule has 3 aromatic heterocycles. The van der Waals surface area contributed by atoms with Crippen LogP contribution in [-0.2, 0) is 17.6 Å². The maximum atomic E-state index is 14.4. The van der Waals surface area contributed by atoms with E-state index < -0.39 is 11.4 Å². The number of aliphatic hydroxyl groups is 1. The average Bonchev–Trinajstić information content (AvgIpc) is 3.63. The van der Waals surface area contributed by atoms with Crippen molar-refractivity contribution in [3.8, 4) is 22.5 Å². The molecule has 1 fully saturated rings. The summed E-state index contributed by atoms with van der Waals surface area (Å²) < 4.78 is 14.5. The van der Waals surface area contributed by atoms with Crippen LogP contribution in [0, 0.1) is 6.92 Å². The predicted octanol–water partition coefficient (Wildman–Crippen LogP) is 4.38. The third-order valence-electron chi connectivity index (χ3n) is 8.43. The quantitative estimate of drug-likeness (QED) is 0.212. The minimum absolute atomic E-state index is 0. The second-order valence-corrected chi connectivity index (χ2v) is 12.6. The van der Waals surface area contributed by atoms with Gasteiger partial charge in [-0.3, -0.25) is 18.9 Å². The van der Waals surface area contributed by atoms with E-state index in [-0.39, 0.29) is 75.7 Å². The van der Waals surface area contributed by atoms with Gasteiger partial charge in [0, 0.05) is 23.6 Å². The number of nitrogens with one attached hydrogen (secondary N) is 1. The van der Waals surface area contributed by atoms with Crippen molar-refractivity contribution in [1.82, 2.24) is 29.3 Å². The van der Waals surface area contributed by atoms with Crippen molar-refractivity contribution in [3.63, 3.8) is 0 Å². The van der Waals surface area contributed by atoms with E-state index in [0.717, 1.165) is 65.6 Å². The molecule has 1 aliphatic carbocycles. The van der Waals surface area contributed by atoms with Gasteiger partial charge in [-0.25, -0.2) is 9.31 Å². The monoisotopic (exact) mass is 652 g/mol. The molecule has 0 radical (unpaired) electrons. The molecule has 0 aliphatic heterocycles. The first-order valence-corrected chi connectivity index (χ1v) is 15.7. The molecule has 2 N–H and O–H groups in total. The molecule has 11 nitrogen and oxygen atoms in total. The van der Waals surface area contributed by atoms with Crippen LogP contribution in [0.2, 0.25) is 0 Å². The third kappa shape index (κ3) is 7.54. The van der Waals surface area contributed by atoms with Gasteiger partial charge in [0.2, 0.25) is 5.78 Å². The van der Waals surface area contributed by atoms with Crippen molar-refractivity contribution in [3.05, 3.63) is 92.1 Å². The number of aromatic nitrogens is 6. The van der Waals surface area contributed by atoms with Gasteiger partial charge in [-0.1, -0.05) is 67.0 Å². The number of hydrogen-bond acceptors (Lipinski definition) is 8. The van der Waals surface area contributed by atoms with E-state index in [2.05, 4.69) is 17.1 Å². The summed E-state index contributed by atoms with van der Waals surface area (Å²) in [6, 6.07) is 15.8. The minimum atomic E-state index is -0.873. The zero-order valence-electron chi connectivity index (χ0n) is 26.2. The van der Waals surface area contributed by atoms with Gasteiger partial charge in [0.1, 0.15) is 5.82 Å². The van der Waals surface area contributed by atoms with Crippen LogP contribution in [0.15, 0.2) is 62.6 Å². The van der Waals surface area contributed by atoms with E-state index in [1.807, 2.05) is 64.5 Å². The molecular weight excluding hydrogens is 612 g/mol. The molecule has 6 rings (SSSR count). The number of benzene rings is 2. The zero-order chi connectivity index (χ0) is 31.7. The molecule has 0 unspecified atom stereocenters. The van der Waals surface area contributed by atoms with Crippen molar-refractivity contribution in [1.29, 1.82) is 0 Å². The van der Waals surface area contributed by atoms with Crippen LogP contribution in [0.4, 0.5) is 0 Å². The standard InChI is InChI=1S/C34H40N6O5.K.H/c1-5-8-29-28(19-22-11-13-23(14-12-22)26-9-6-7-10-27(26)30-36-33(42)45-38-30)31(41)39(32-35-21(2)37-40(29)32)24-15-17-25(18-16-24)44-20-34(3,4)43;;/h6-7,9-14,24-25,43H,5,8,15-20H2,1-4H3,(H,36,38,42);;. The Bertz CT molecular complexity index is 1910. The first-order valence-electron chi connectivity index (χ1n) is 15.7. The SMILES string of the molecule is CCCc1c(Cc2ccc(-c3ccccc3-c3noc(=O)[nH]3)cc2)c(=O)n(C2CCC(OCC(C)(C)O)CC2)c2nc(C)nn12.[KH]. The fourth-order valence-electron chi connectivity index (χ4n) is 6.31. The number of aryl methyl sites for hydroxylation is 2. The summed E-state index contributed by atoms with van der Waals surface area (Å²) in [5, 5.41) is 18.7. The van der Waals surface area contributed by atoms with Gasteiger partial charge in [0.25, 0.3) is 5.56 Å². The van der Waals surface area contributed by atoms with Crippen LogP contribution in [0.3, 0.4) is 0 Å². The van der Waals surface area contributed by atoms with Crippen LogP contribution < -0.4 is 11.3 Å². The zero-order valence-corrected chi connectivity index (χ0v) is 26.2. The predicted molar refractivity (Wildman–Crippen MR) is 177 cm³/mol. The second kappa shape index (κ2) is 14.6. The number of H-pyrrole nitrogens is 1. The molecular formula is C34H41KN6O5. The Morgan fingerprint density at radius 3 is 2.37 bits per heavy atom. The Morgan fingerprint density at radius 2 is 1.74 bits per heavy atom. The first-order chi connectivity index (χ1) is 21.6. The molecule has 2 aromatic carbocycles. The fraction of sp³-hybridized carbons (Fsp3) is 0.441. The van der Waals surface area contributed by atoms with Crippen LogP contribution >= 0.6 is 0 Å². The molecule has 0 atom stereocenters. The van der Waals surface area contributed by atoms with Gasteiger partial charge in [0.05, 0.1) is 24.0 Å². The Labute approximate surface area is 309 Å². The average molecular weight is 653 g/mol. The number of ether oxygens (including phenoxy) is 1. The molecule has 1 aliphatic rings. The summed E-state index contributed by atoms with van der Waals surface area (Å²) >= 11 is 0. The number of hydrogen-bond donors (Lipinski definition) is 2. The Hall–Kier alpha value is -2.71. The van der Waals surface area contributed by atoms with Crippen molar-refractivity contribution < 1.29 is 14.4 Å². The van der Waals surface area contributed by atoms with Crippen molar-refractivity contribution >= 4 is 57.2 Å². The molecule has 0 saturated heterocycles. The summed E-state index contributed by atoms with van der Waals surface area (Å²) in [5.41, 5.74) is 4.39. The molecule has 0 spiro atoms. The van der Waals surface area contributed by atoms with Crippen LogP contribution in [0.25, 0.3) is 28.3 Å². The van der Waals surface area contributed by atoms with E-state index in [0.29, 0.717) is 30.3 Å². The molecule has 0 amide bonds. The summed E-state index contributed by atoms with van der Waals surface area (Å²) in [6.45, 7) is 7.75. The molecule has 46 heavy (non-hydrogen) atoms. The molecule has 1 saturated carbocycles. The Morgan fingerprint density at radius 1 is 1.04 bits per heavy atom. The number of aromatic amines is 1. The molecule has 3 heterocycles. The normalized spacial score (nSPS) is 16.9. The molecule has 0 bridgehead atoms. The van der Waals surface area contributed by atoms with Gasteiger partial charge >= 0.3 is 57.1 Å². The summed E-state index contributed by atoms with van der Waals surface area (Å²) in [4.78, 5) is 33.3. The van der Waals surface area contributed by atoms with Crippen molar-refractivity contribution in [2.45, 2.75) is 90.4 Å². The molecule has 238 valence electrons. The number of rotatable bonds is 10.